The monoisotopic (exact) mass is 301 g/mol. The van der Waals surface area contributed by atoms with Gasteiger partial charge in [-0.2, -0.15) is 0 Å². The van der Waals surface area contributed by atoms with Gasteiger partial charge in [0.2, 0.25) is 0 Å². The molecule has 0 heterocycles. The highest BCUT2D eigenvalue weighted by Gasteiger charge is 2.09. The van der Waals surface area contributed by atoms with E-state index < -0.39 is 0 Å². The lowest BCUT2D eigenvalue weighted by Crippen LogP contribution is -2.32. The molecule has 0 amide bonds. The molecule has 2 atom stereocenters. The summed E-state index contributed by atoms with van der Waals surface area (Å²) in [6.07, 6.45) is 7.42. The molecule has 3 nitrogen and oxygen atoms in total. The minimum absolute atomic E-state index is 0.237. The Kier molecular flexibility index (Phi) is 13.5. The highest BCUT2D eigenvalue weighted by molar-refractivity contribution is 4.61. The maximum Gasteiger partial charge on any atom is 0.0897 e. The van der Waals surface area contributed by atoms with Crippen LogP contribution in [-0.4, -0.2) is 37.0 Å². The zero-order valence-electron chi connectivity index (χ0n) is 15.0. The molecule has 0 aromatic heterocycles. The Morgan fingerprint density at radius 1 is 0.905 bits per heavy atom. The molecule has 2 unspecified atom stereocenters. The standard InChI is InChI=1S/C18H39NO2/c1-15(2)10-8-6-7-9-11-19-13-18(20)14-21-17(5)12-16(3)4/h15-20H,6-14H2,1-5H3. The molecule has 0 aliphatic heterocycles. The van der Waals surface area contributed by atoms with Gasteiger partial charge in [0.05, 0.1) is 18.8 Å². The number of hydrogen-bond acceptors (Lipinski definition) is 3. The molecule has 0 aromatic rings. The van der Waals surface area contributed by atoms with Crippen LogP contribution in [0.1, 0.15) is 73.1 Å². The first-order valence-corrected chi connectivity index (χ1v) is 8.92. The van der Waals surface area contributed by atoms with Crippen LogP contribution < -0.4 is 5.32 Å². The maximum atomic E-state index is 9.85. The van der Waals surface area contributed by atoms with E-state index in [1.807, 2.05) is 0 Å². The van der Waals surface area contributed by atoms with Gasteiger partial charge in [-0.1, -0.05) is 53.4 Å². The number of aliphatic hydroxyl groups is 1. The number of rotatable bonds is 14. The van der Waals surface area contributed by atoms with Gasteiger partial charge in [-0.15, -0.1) is 0 Å². The van der Waals surface area contributed by atoms with E-state index in [4.69, 9.17) is 4.74 Å². The van der Waals surface area contributed by atoms with Crippen LogP contribution in [0.4, 0.5) is 0 Å². The number of ether oxygens (including phenoxy) is 1. The Morgan fingerprint density at radius 3 is 2.19 bits per heavy atom. The quantitative estimate of drug-likeness (QED) is 0.477. The molecular formula is C18H39NO2. The van der Waals surface area contributed by atoms with Gasteiger partial charge < -0.3 is 15.2 Å². The van der Waals surface area contributed by atoms with Crippen molar-refractivity contribution in [3.8, 4) is 0 Å². The predicted octanol–water partition coefficient (Wildman–Crippen LogP) is 3.99. The second-order valence-electron chi connectivity index (χ2n) is 7.23. The molecule has 0 saturated heterocycles. The SMILES string of the molecule is CC(C)CCCCCCNCC(O)COC(C)CC(C)C. The first-order chi connectivity index (χ1) is 9.91. The molecule has 0 radical (unpaired) electrons. The van der Waals surface area contributed by atoms with E-state index in [9.17, 15) is 5.11 Å². The van der Waals surface area contributed by atoms with Gasteiger partial charge in [-0.3, -0.25) is 0 Å². The Hall–Kier alpha value is -0.120. The van der Waals surface area contributed by atoms with Crippen LogP contribution in [0, 0.1) is 11.8 Å². The maximum absolute atomic E-state index is 9.85. The topological polar surface area (TPSA) is 41.5 Å². The van der Waals surface area contributed by atoms with Crippen molar-refractivity contribution in [3.63, 3.8) is 0 Å². The molecule has 0 aliphatic rings. The second-order valence-corrected chi connectivity index (χ2v) is 7.23. The summed E-state index contributed by atoms with van der Waals surface area (Å²) in [5.41, 5.74) is 0. The van der Waals surface area contributed by atoms with Crippen LogP contribution in [0.15, 0.2) is 0 Å². The number of aliphatic hydroxyl groups excluding tert-OH is 1. The Balaban J connectivity index is 3.32. The van der Waals surface area contributed by atoms with Crippen molar-refractivity contribution in [2.75, 3.05) is 19.7 Å². The van der Waals surface area contributed by atoms with E-state index >= 15 is 0 Å². The van der Waals surface area contributed by atoms with Crippen molar-refractivity contribution in [1.82, 2.24) is 5.32 Å². The Morgan fingerprint density at radius 2 is 1.57 bits per heavy atom. The van der Waals surface area contributed by atoms with Crippen molar-refractivity contribution >= 4 is 0 Å². The zero-order valence-corrected chi connectivity index (χ0v) is 15.0. The fraction of sp³-hybridized carbons (Fsp3) is 1.00. The summed E-state index contributed by atoms with van der Waals surface area (Å²) >= 11 is 0. The van der Waals surface area contributed by atoms with Crippen LogP contribution in [0.5, 0.6) is 0 Å². The third-order valence-electron chi connectivity index (χ3n) is 3.64. The highest BCUT2D eigenvalue weighted by Crippen LogP contribution is 2.09. The van der Waals surface area contributed by atoms with Gasteiger partial charge in [0.25, 0.3) is 0 Å². The summed E-state index contributed by atoms with van der Waals surface area (Å²) in [4.78, 5) is 0. The first-order valence-electron chi connectivity index (χ1n) is 8.92. The summed E-state index contributed by atoms with van der Waals surface area (Å²) in [7, 11) is 0. The largest absolute Gasteiger partial charge is 0.389 e. The van der Waals surface area contributed by atoms with Crippen LogP contribution in [0.2, 0.25) is 0 Å². The van der Waals surface area contributed by atoms with Crippen molar-refractivity contribution in [3.05, 3.63) is 0 Å². The molecule has 21 heavy (non-hydrogen) atoms. The minimum atomic E-state index is -0.388. The summed E-state index contributed by atoms with van der Waals surface area (Å²) < 4.78 is 5.66. The van der Waals surface area contributed by atoms with Crippen LogP contribution in [0.3, 0.4) is 0 Å². The summed E-state index contributed by atoms with van der Waals surface area (Å²) in [6, 6.07) is 0. The zero-order chi connectivity index (χ0) is 16.1. The molecular weight excluding hydrogens is 262 g/mol. The van der Waals surface area contributed by atoms with Crippen molar-refractivity contribution in [2.24, 2.45) is 11.8 Å². The molecule has 0 rings (SSSR count). The molecule has 128 valence electrons. The van der Waals surface area contributed by atoms with Crippen molar-refractivity contribution in [2.45, 2.75) is 85.4 Å². The van der Waals surface area contributed by atoms with Gasteiger partial charge in [0.15, 0.2) is 0 Å². The van der Waals surface area contributed by atoms with Crippen LogP contribution in [0.25, 0.3) is 0 Å². The lowest BCUT2D eigenvalue weighted by atomic mass is 10.0. The normalized spacial score (nSPS) is 14.9. The molecule has 0 spiro atoms. The Bertz CT molecular complexity index is 219. The third-order valence-corrected chi connectivity index (χ3v) is 3.64. The lowest BCUT2D eigenvalue weighted by Gasteiger charge is -2.18. The lowest BCUT2D eigenvalue weighted by molar-refractivity contribution is -0.00843. The average molecular weight is 302 g/mol. The van der Waals surface area contributed by atoms with E-state index in [0.29, 0.717) is 19.1 Å². The summed E-state index contributed by atoms with van der Waals surface area (Å²) in [5, 5.41) is 13.2. The molecule has 3 heteroatoms. The average Bonchev–Trinajstić information content (AvgIpc) is 2.38. The molecule has 0 aliphatic carbocycles. The number of unbranched alkanes of at least 4 members (excludes halogenated alkanes) is 3. The van der Waals surface area contributed by atoms with E-state index in [1.54, 1.807) is 0 Å². The Labute approximate surface area is 132 Å². The molecule has 0 saturated carbocycles. The number of hydrogen-bond donors (Lipinski definition) is 2. The second kappa shape index (κ2) is 13.5. The molecule has 0 bridgehead atoms. The van der Waals surface area contributed by atoms with E-state index in [1.165, 1.54) is 32.1 Å². The van der Waals surface area contributed by atoms with Gasteiger partial charge in [-0.05, 0) is 38.1 Å². The van der Waals surface area contributed by atoms with E-state index in [2.05, 4.69) is 39.9 Å². The molecule has 0 aromatic carbocycles. The van der Waals surface area contributed by atoms with Gasteiger partial charge >= 0.3 is 0 Å². The van der Waals surface area contributed by atoms with Gasteiger partial charge in [0, 0.05) is 6.54 Å². The highest BCUT2D eigenvalue weighted by atomic mass is 16.5. The van der Waals surface area contributed by atoms with Gasteiger partial charge in [-0.25, -0.2) is 0 Å². The van der Waals surface area contributed by atoms with E-state index in [-0.39, 0.29) is 12.2 Å². The summed E-state index contributed by atoms with van der Waals surface area (Å²) in [6.45, 7) is 13.1. The van der Waals surface area contributed by atoms with E-state index in [0.717, 1.165) is 18.9 Å². The molecule has 2 N–H and O–H groups in total. The van der Waals surface area contributed by atoms with Crippen LogP contribution in [-0.2, 0) is 4.74 Å². The fourth-order valence-corrected chi connectivity index (χ4v) is 2.49. The smallest absolute Gasteiger partial charge is 0.0897 e. The van der Waals surface area contributed by atoms with Crippen molar-refractivity contribution < 1.29 is 9.84 Å². The van der Waals surface area contributed by atoms with Crippen molar-refractivity contribution in [1.29, 1.82) is 0 Å². The molecule has 0 fully saturated rings. The van der Waals surface area contributed by atoms with Crippen LogP contribution >= 0.6 is 0 Å². The first kappa shape index (κ1) is 20.9. The minimum Gasteiger partial charge on any atom is -0.389 e. The summed E-state index contributed by atoms with van der Waals surface area (Å²) in [5.74, 6) is 1.47. The van der Waals surface area contributed by atoms with Gasteiger partial charge in [0.1, 0.15) is 0 Å². The third kappa shape index (κ3) is 16.1. The predicted molar refractivity (Wildman–Crippen MR) is 91.7 cm³/mol. The fourth-order valence-electron chi connectivity index (χ4n) is 2.49. The number of nitrogens with one attached hydrogen (secondary N) is 1.